The molecule has 0 bridgehead atoms. The first-order chi connectivity index (χ1) is 13.1. The highest BCUT2D eigenvalue weighted by Gasteiger charge is 2.24. The van der Waals surface area contributed by atoms with E-state index in [1.54, 1.807) is 6.92 Å². The summed E-state index contributed by atoms with van der Waals surface area (Å²) in [7, 11) is 0. The number of aryl methyl sites for hydroxylation is 1. The maximum atomic E-state index is 12.7. The van der Waals surface area contributed by atoms with Crippen LogP contribution >= 0.6 is 23.1 Å². The Kier molecular flexibility index (Phi) is 6.90. The van der Waals surface area contributed by atoms with Crippen LogP contribution in [-0.2, 0) is 27.2 Å². The van der Waals surface area contributed by atoms with Crippen molar-refractivity contribution >= 4 is 35.0 Å². The molecule has 7 heteroatoms. The molecule has 0 radical (unpaired) electrons. The maximum absolute atomic E-state index is 12.7. The van der Waals surface area contributed by atoms with Crippen molar-refractivity contribution in [1.29, 1.82) is 0 Å². The van der Waals surface area contributed by atoms with Crippen LogP contribution in [0.2, 0.25) is 0 Å². The zero-order valence-corrected chi connectivity index (χ0v) is 17.2. The molecular weight excluding hydrogens is 380 g/mol. The third-order valence-electron chi connectivity index (χ3n) is 4.49. The normalized spacial score (nSPS) is 17.0. The number of nitrogens with zero attached hydrogens (tertiary/aromatic N) is 1. The highest BCUT2D eigenvalue weighted by molar-refractivity contribution is 8.02. The number of esters is 1. The molecule has 144 valence electrons. The number of aromatic nitrogens is 1. The molecule has 1 heterocycles. The van der Waals surface area contributed by atoms with E-state index in [4.69, 9.17) is 4.74 Å². The van der Waals surface area contributed by atoms with Crippen LogP contribution in [-0.4, -0.2) is 28.7 Å². The lowest BCUT2D eigenvalue weighted by Crippen LogP contribution is -2.35. The van der Waals surface area contributed by atoms with Gasteiger partial charge in [0.05, 0.1) is 30.0 Å². The van der Waals surface area contributed by atoms with Crippen LogP contribution in [0.5, 0.6) is 0 Å². The summed E-state index contributed by atoms with van der Waals surface area (Å²) in [6.07, 6.45) is 3.31. The van der Waals surface area contributed by atoms with Crippen molar-refractivity contribution in [3.63, 3.8) is 0 Å². The first-order valence-corrected chi connectivity index (χ1v) is 11.0. The zero-order chi connectivity index (χ0) is 19.2. The fourth-order valence-corrected chi connectivity index (χ4v) is 5.17. The number of thiazole rings is 1. The van der Waals surface area contributed by atoms with Gasteiger partial charge in [-0.3, -0.25) is 9.59 Å². The van der Waals surface area contributed by atoms with E-state index in [1.165, 1.54) is 34.2 Å². The van der Waals surface area contributed by atoms with Gasteiger partial charge in [-0.1, -0.05) is 36.0 Å². The molecule has 0 saturated heterocycles. The standard InChI is InChI=1S/C20H24N2O3S2/c1-3-25-18(23)11-15-12-26-20(21-15)27-13(2)19(24)22-17-10-6-8-14-7-4-5-9-16(14)17/h4-5,7,9,12-13,17H,3,6,8,10-11H2,1-2H3,(H,22,24)/t13-,17+/m1/s1. The first-order valence-electron chi connectivity index (χ1n) is 9.21. The van der Waals surface area contributed by atoms with Gasteiger partial charge in [-0.2, -0.15) is 0 Å². The van der Waals surface area contributed by atoms with E-state index in [2.05, 4.69) is 28.5 Å². The van der Waals surface area contributed by atoms with Crippen molar-refractivity contribution in [3.8, 4) is 0 Å². The smallest absolute Gasteiger partial charge is 0.311 e. The molecule has 0 saturated carbocycles. The Balaban J connectivity index is 1.56. The number of fused-ring (bicyclic) bond motifs is 1. The number of benzene rings is 1. The quantitative estimate of drug-likeness (QED) is 0.559. The molecule has 2 atom stereocenters. The lowest BCUT2D eigenvalue weighted by atomic mass is 9.88. The van der Waals surface area contributed by atoms with Crippen LogP contribution in [0.4, 0.5) is 0 Å². The second kappa shape index (κ2) is 9.37. The van der Waals surface area contributed by atoms with Gasteiger partial charge in [0, 0.05) is 5.38 Å². The molecule has 0 fully saturated rings. The largest absolute Gasteiger partial charge is 0.466 e. The van der Waals surface area contributed by atoms with E-state index >= 15 is 0 Å². The number of hydrogen-bond acceptors (Lipinski definition) is 6. The lowest BCUT2D eigenvalue weighted by Gasteiger charge is -2.27. The van der Waals surface area contributed by atoms with Crippen molar-refractivity contribution in [2.45, 2.75) is 55.2 Å². The molecule has 2 aromatic rings. The number of carbonyl (C=O) groups excluding carboxylic acids is 2. The second-order valence-corrected chi connectivity index (χ2v) is 8.94. The highest BCUT2D eigenvalue weighted by Crippen LogP contribution is 2.31. The van der Waals surface area contributed by atoms with E-state index in [-0.39, 0.29) is 29.6 Å². The molecule has 3 rings (SSSR count). The van der Waals surface area contributed by atoms with E-state index in [0.29, 0.717) is 12.3 Å². The topological polar surface area (TPSA) is 68.3 Å². The molecule has 5 nitrogen and oxygen atoms in total. The summed E-state index contributed by atoms with van der Waals surface area (Å²) in [5, 5.41) is 4.79. The maximum Gasteiger partial charge on any atom is 0.311 e. The number of carbonyl (C=O) groups is 2. The van der Waals surface area contributed by atoms with Crippen LogP contribution in [0.25, 0.3) is 0 Å². The molecule has 1 aromatic carbocycles. The monoisotopic (exact) mass is 404 g/mol. The van der Waals surface area contributed by atoms with E-state index in [9.17, 15) is 9.59 Å². The Labute approximate surface area is 167 Å². The molecule has 0 unspecified atom stereocenters. The van der Waals surface area contributed by atoms with Gasteiger partial charge in [-0.15, -0.1) is 11.3 Å². The molecule has 1 aliphatic carbocycles. The van der Waals surface area contributed by atoms with Crippen LogP contribution in [0, 0.1) is 0 Å². The lowest BCUT2D eigenvalue weighted by molar-refractivity contribution is -0.142. The SMILES string of the molecule is CCOC(=O)Cc1csc(S[C@H](C)C(=O)N[C@H]2CCCc3ccccc32)n1. The third-order valence-corrected chi connectivity index (χ3v) is 6.61. The summed E-state index contributed by atoms with van der Waals surface area (Å²) in [4.78, 5) is 28.6. The van der Waals surface area contributed by atoms with Crippen LogP contribution in [0.15, 0.2) is 34.0 Å². The number of ether oxygens (including phenoxy) is 1. The summed E-state index contributed by atoms with van der Waals surface area (Å²) in [6, 6.07) is 8.42. The number of thioether (sulfide) groups is 1. The van der Waals surface area contributed by atoms with Crippen molar-refractivity contribution in [1.82, 2.24) is 10.3 Å². The molecular formula is C20H24N2O3S2. The summed E-state index contributed by atoms with van der Waals surface area (Å²) in [5.74, 6) is -0.259. The molecule has 1 aromatic heterocycles. The Bertz CT molecular complexity index is 806. The number of rotatable bonds is 7. The Morgan fingerprint density at radius 3 is 3.04 bits per heavy atom. The molecule has 0 spiro atoms. The molecule has 27 heavy (non-hydrogen) atoms. The first kappa shape index (κ1) is 19.9. The fraction of sp³-hybridized carbons (Fsp3) is 0.450. The van der Waals surface area contributed by atoms with Crippen molar-refractivity contribution in [2.75, 3.05) is 6.61 Å². The van der Waals surface area contributed by atoms with Gasteiger partial charge in [0.2, 0.25) is 5.91 Å². The summed E-state index contributed by atoms with van der Waals surface area (Å²) in [5.41, 5.74) is 3.26. The minimum atomic E-state index is -0.277. The molecule has 1 amide bonds. The minimum Gasteiger partial charge on any atom is -0.466 e. The van der Waals surface area contributed by atoms with Gasteiger partial charge < -0.3 is 10.1 Å². The van der Waals surface area contributed by atoms with Gasteiger partial charge in [-0.05, 0) is 44.2 Å². The van der Waals surface area contributed by atoms with Gasteiger partial charge in [0.15, 0.2) is 4.34 Å². The second-order valence-electron chi connectivity index (χ2n) is 6.50. The summed E-state index contributed by atoms with van der Waals surface area (Å²) >= 11 is 2.88. The van der Waals surface area contributed by atoms with Crippen molar-refractivity contribution in [3.05, 3.63) is 46.5 Å². The Morgan fingerprint density at radius 2 is 2.22 bits per heavy atom. The van der Waals surface area contributed by atoms with Crippen molar-refractivity contribution < 1.29 is 14.3 Å². The average Bonchev–Trinajstić information content (AvgIpc) is 3.08. The van der Waals surface area contributed by atoms with E-state index < -0.39 is 0 Å². The van der Waals surface area contributed by atoms with E-state index in [0.717, 1.165) is 23.6 Å². The van der Waals surface area contributed by atoms with Gasteiger partial charge in [-0.25, -0.2) is 4.98 Å². The van der Waals surface area contributed by atoms with Gasteiger partial charge in [0.25, 0.3) is 0 Å². The Hall–Kier alpha value is -1.86. The van der Waals surface area contributed by atoms with Crippen LogP contribution in [0.1, 0.15) is 49.6 Å². The molecule has 0 aliphatic heterocycles. The number of hydrogen-bond donors (Lipinski definition) is 1. The average molecular weight is 405 g/mol. The van der Waals surface area contributed by atoms with E-state index in [1.807, 2.05) is 18.4 Å². The molecule has 1 aliphatic rings. The summed E-state index contributed by atoms with van der Waals surface area (Å²) < 4.78 is 5.74. The minimum absolute atomic E-state index is 0.0174. The van der Waals surface area contributed by atoms with Gasteiger partial charge in [0.1, 0.15) is 0 Å². The highest BCUT2D eigenvalue weighted by atomic mass is 32.2. The summed E-state index contributed by atoms with van der Waals surface area (Å²) in [6.45, 7) is 4.04. The number of amides is 1. The fourth-order valence-electron chi connectivity index (χ4n) is 3.18. The third kappa shape index (κ3) is 5.32. The van der Waals surface area contributed by atoms with Crippen molar-refractivity contribution in [2.24, 2.45) is 0 Å². The Morgan fingerprint density at radius 1 is 1.41 bits per heavy atom. The predicted octanol–water partition coefficient (Wildman–Crippen LogP) is 3.92. The van der Waals surface area contributed by atoms with Crippen LogP contribution in [0.3, 0.4) is 0 Å². The molecule has 1 N–H and O–H groups in total. The van der Waals surface area contributed by atoms with Crippen LogP contribution < -0.4 is 5.32 Å². The zero-order valence-electron chi connectivity index (χ0n) is 15.6. The predicted molar refractivity (Wildman–Crippen MR) is 108 cm³/mol. The van der Waals surface area contributed by atoms with Gasteiger partial charge >= 0.3 is 5.97 Å². The number of nitrogens with one attached hydrogen (secondary N) is 1.